The smallest absolute Gasteiger partial charge is 0.277 e. The first kappa shape index (κ1) is 21.1. The first-order valence-corrected chi connectivity index (χ1v) is 9.71. The summed E-state index contributed by atoms with van der Waals surface area (Å²) in [7, 11) is 0. The minimum absolute atomic E-state index is 0.182. The summed E-state index contributed by atoms with van der Waals surface area (Å²) in [5.41, 5.74) is 5.38. The van der Waals surface area contributed by atoms with Crippen LogP contribution in [0.5, 0.6) is 0 Å². The Kier molecular flexibility index (Phi) is 6.41. The molecule has 0 aliphatic rings. The van der Waals surface area contributed by atoms with Gasteiger partial charge in [-0.1, -0.05) is 41.0 Å². The number of H-pyrrole nitrogens is 1. The van der Waals surface area contributed by atoms with Crippen molar-refractivity contribution in [3.05, 3.63) is 79.6 Å². The summed E-state index contributed by atoms with van der Waals surface area (Å²) in [4.78, 5) is 31.0. The summed E-state index contributed by atoms with van der Waals surface area (Å²) in [6.45, 7) is 0. The van der Waals surface area contributed by atoms with Crippen molar-refractivity contribution in [3.63, 3.8) is 0 Å². The van der Waals surface area contributed by atoms with Crippen LogP contribution < -0.4 is 16.6 Å². The molecule has 0 aliphatic heterocycles. The van der Waals surface area contributed by atoms with Gasteiger partial charge in [-0.05, 0) is 35.9 Å². The molecule has 0 saturated carbocycles. The number of aromatic amines is 1. The number of halogens is 4. The lowest BCUT2D eigenvalue weighted by Crippen LogP contribution is -2.23. The van der Waals surface area contributed by atoms with Crippen molar-refractivity contribution in [3.8, 4) is 0 Å². The van der Waals surface area contributed by atoms with Gasteiger partial charge in [0.15, 0.2) is 22.6 Å². The fourth-order valence-corrected chi connectivity index (χ4v) is 3.69. The van der Waals surface area contributed by atoms with E-state index in [9.17, 15) is 18.4 Å². The lowest BCUT2D eigenvalue weighted by Gasteiger charge is -2.09. The van der Waals surface area contributed by atoms with Gasteiger partial charge in [0.25, 0.3) is 11.5 Å². The average Bonchev–Trinajstić information content (AvgIpc) is 2.66. The largest absolute Gasteiger partial charge is 0.382 e. The Balaban J connectivity index is 1.75. The van der Waals surface area contributed by atoms with Crippen LogP contribution in [0.2, 0.25) is 10.0 Å². The molecular formula is C18H12Cl2F2N4O2S. The molecule has 150 valence electrons. The van der Waals surface area contributed by atoms with Gasteiger partial charge in [0.2, 0.25) is 0 Å². The second-order valence-corrected chi connectivity index (χ2v) is 7.55. The van der Waals surface area contributed by atoms with Crippen LogP contribution in [0.1, 0.15) is 15.9 Å². The molecule has 3 aromatic rings. The highest BCUT2D eigenvalue weighted by atomic mass is 35.5. The summed E-state index contributed by atoms with van der Waals surface area (Å²) in [5, 5.41) is 3.43. The van der Waals surface area contributed by atoms with Gasteiger partial charge in [0.1, 0.15) is 5.69 Å². The van der Waals surface area contributed by atoms with Gasteiger partial charge in [-0.2, -0.15) is 0 Å². The lowest BCUT2D eigenvalue weighted by molar-refractivity contribution is 0.102. The maximum atomic E-state index is 13.3. The zero-order chi connectivity index (χ0) is 21.1. The number of nitrogens with zero attached hydrogens (tertiary/aromatic N) is 1. The number of hydrogen-bond donors (Lipinski definition) is 3. The maximum absolute atomic E-state index is 13.3. The molecule has 0 unspecified atom stereocenters. The fraction of sp³-hybridized carbons (Fsp3) is 0.0556. The molecule has 1 heterocycles. The first-order chi connectivity index (χ1) is 13.7. The zero-order valence-corrected chi connectivity index (χ0v) is 16.8. The second kappa shape index (κ2) is 8.81. The summed E-state index contributed by atoms with van der Waals surface area (Å²) in [5.74, 6) is -2.96. The summed E-state index contributed by atoms with van der Waals surface area (Å²) in [6, 6.07) is 7.62. The number of rotatable bonds is 5. The number of nitrogens with one attached hydrogen (secondary N) is 2. The van der Waals surface area contributed by atoms with Crippen molar-refractivity contribution in [2.45, 2.75) is 10.9 Å². The lowest BCUT2D eigenvalue weighted by atomic mass is 10.2. The molecule has 0 fully saturated rings. The molecule has 0 atom stereocenters. The molecule has 4 N–H and O–H groups in total. The number of benzene rings is 2. The van der Waals surface area contributed by atoms with E-state index in [0.29, 0.717) is 21.9 Å². The normalized spacial score (nSPS) is 10.8. The maximum Gasteiger partial charge on any atom is 0.277 e. The third kappa shape index (κ3) is 5.06. The van der Waals surface area contributed by atoms with Crippen molar-refractivity contribution >= 4 is 52.4 Å². The average molecular weight is 457 g/mol. The fourth-order valence-electron chi connectivity index (χ4n) is 2.27. The van der Waals surface area contributed by atoms with Crippen LogP contribution in [0.4, 0.5) is 20.3 Å². The molecule has 1 amide bonds. The van der Waals surface area contributed by atoms with Crippen LogP contribution in [0.15, 0.2) is 46.3 Å². The van der Waals surface area contributed by atoms with E-state index in [1.54, 1.807) is 18.2 Å². The molecule has 6 nitrogen and oxygen atoms in total. The number of carbonyl (C=O) groups is 1. The molecular weight excluding hydrogens is 445 g/mol. The van der Waals surface area contributed by atoms with Gasteiger partial charge in [0, 0.05) is 21.4 Å². The van der Waals surface area contributed by atoms with E-state index in [4.69, 9.17) is 28.9 Å². The number of hydrogen-bond acceptors (Lipinski definition) is 5. The van der Waals surface area contributed by atoms with Gasteiger partial charge >= 0.3 is 0 Å². The topological polar surface area (TPSA) is 101 Å². The van der Waals surface area contributed by atoms with Crippen molar-refractivity contribution in [1.82, 2.24) is 9.97 Å². The molecule has 0 aliphatic carbocycles. The predicted molar refractivity (Wildman–Crippen MR) is 110 cm³/mol. The van der Waals surface area contributed by atoms with E-state index in [2.05, 4.69) is 15.3 Å². The Labute approximate surface area is 177 Å². The van der Waals surface area contributed by atoms with Crippen LogP contribution in [0, 0.1) is 11.6 Å². The highest BCUT2D eigenvalue weighted by Crippen LogP contribution is 2.27. The van der Waals surface area contributed by atoms with Gasteiger partial charge in [-0.25, -0.2) is 13.8 Å². The van der Waals surface area contributed by atoms with E-state index in [1.807, 2.05) is 0 Å². The van der Waals surface area contributed by atoms with Crippen LogP contribution in [0.25, 0.3) is 0 Å². The molecule has 2 aromatic carbocycles. The summed E-state index contributed by atoms with van der Waals surface area (Å²) >= 11 is 13.1. The molecule has 0 radical (unpaired) electrons. The SMILES string of the molecule is Nc1nc(SCc2ccc(Cl)cc2Cl)[nH]c(=O)c1NC(=O)c1ccc(F)c(F)c1. The van der Waals surface area contributed by atoms with Gasteiger partial charge in [-0.15, -0.1) is 0 Å². The van der Waals surface area contributed by atoms with E-state index in [0.717, 1.165) is 17.7 Å². The number of aromatic nitrogens is 2. The number of anilines is 2. The molecule has 29 heavy (non-hydrogen) atoms. The Bertz CT molecular complexity index is 1160. The first-order valence-electron chi connectivity index (χ1n) is 7.97. The third-order valence-electron chi connectivity index (χ3n) is 3.73. The number of nitrogens with two attached hydrogens (primary N) is 1. The van der Waals surface area contributed by atoms with E-state index >= 15 is 0 Å². The minimum atomic E-state index is -1.19. The van der Waals surface area contributed by atoms with Crippen LogP contribution in [-0.4, -0.2) is 15.9 Å². The molecule has 0 bridgehead atoms. The van der Waals surface area contributed by atoms with Crippen molar-refractivity contribution in [2.24, 2.45) is 0 Å². The molecule has 3 rings (SSSR count). The summed E-state index contributed by atoms with van der Waals surface area (Å²) < 4.78 is 26.3. The predicted octanol–water partition coefficient (Wildman–Crippen LogP) is 4.48. The molecule has 1 aromatic heterocycles. The van der Waals surface area contributed by atoms with E-state index in [1.165, 1.54) is 11.8 Å². The Hall–Kier alpha value is -2.62. The van der Waals surface area contributed by atoms with E-state index < -0.39 is 23.1 Å². The zero-order valence-electron chi connectivity index (χ0n) is 14.4. The number of amides is 1. The standard InChI is InChI=1S/C18H12Cl2F2N4O2S/c19-10-3-1-9(11(20)6-10)7-29-18-25-15(23)14(17(28)26-18)24-16(27)8-2-4-12(21)13(22)5-8/h1-6H,7H2,(H,24,27)(H3,23,25,26,28). The Morgan fingerprint density at radius 2 is 1.93 bits per heavy atom. The number of carbonyl (C=O) groups excluding carboxylic acids is 1. The quantitative estimate of drug-likeness (QED) is 0.388. The Morgan fingerprint density at radius 1 is 1.17 bits per heavy atom. The van der Waals surface area contributed by atoms with Crippen molar-refractivity contribution < 1.29 is 13.6 Å². The highest BCUT2D eigenvalue weighted by molar-refractivity contribution is 7.98. The second-order valence-electron chi connectivity index (χ2n) is 5.74. The van der Waals surface area contributed by atoms with Crippen LogP contribution in [0.3, 0.4) is 0 Å². The Morgan fingerprint density at radius 3 is 2.59 bits per heavy atom. The van der Waals surface area contributed by atoms with Crippen molar-refractivity contribution in [1.29, 1.82) is 0 Å². The van der Waals surface area contributed by atoms with Crippen LogP contribution >= 0.6 is 35.0 Å². The number of nitrogen functional groups attached to an aromatic ring is 1. The van der Waals surface area contributed by atoms with Gasteiger partial charge in [0.05, 0.1) is 0 Å². The molecule has 0 saturated heterocycles. The third-order valence-corrected chi connectivity index (χ3v) is 5.23. The van der Waals surface area contributed by atoms with Crippen LogP contribution in [-0.2, 0) is 5.75 Å². The highest BCUT2D eigenvalue weighted by Gasteiger charge is 2.16. The molecule has 11 heteroatoms. The van der Waals surface area contributed by atoms with Gasteiger partial charge in [-0.3, -0.25) is 14.6 Å². The minimum Gasteiger partial charge on any atom is -0.382 e. The van der Waals surface area contributed by atoms with Crippen molar-refractivity contribution in [2.75, 3.05) is 11.1 Å². The van der Waals surface area contributed by atoms with E-state index in [-0.39, 0.29) is 22.2 Å². The van der Waals surface area contributed by atoms with Gasteiger partial charge < -0.3 is 11.1 Å². The number of thioether (sulfide) groups is 1. The monoisotopic (exact) mass is 456 g/mol. The summed E-state index contributed by atoms with van der Waals surface area (Å²) in [6.07, 6.45) is 0. The molecule has 0 spiro atoms.